The van der Waals surface area contributed by atoms with E-state index in [1.807, 2.05) is 29.3 Å². The lowest BCUT2D eigenvalue weighted by atomic mass is 10.00. The number of hydrazone groups is 1. The third kappa shape index (κ3) is 3.72. The van der Waals surface area contributed by atoms with Crippen molar-refractivity contribution >= 4 is 28.9 Å². The molecule has 0 radical (unpaired) electrons. The molecule has 2 fully saturated rings. The number of fused-ring (bicyclic) bond motifs is 1. The first-order valence-electron chi connectivity index (χ1n) is 10.8. The van der Waals surface area contributed by atoms with Gasteiger partial charge >= 0.3 is 0 Å². The SMILES string of the molecule is Cc1ccc(C2CC(C(=O)NN3CC4CCCC4C3)=NN2c2ccccc2Cl)cc1. The second-order valence-corrected chi connectivity index (χ2v) is 9.18. The molecule has 3 atom stereocenters. The van der Waals surface area contributed by atoms with E-state index in [1.165, 1.54) is 24.8 Å². The molecule has 0 aromatic heterocycles. The Balaban J connectivity index is 1.38. The summed E-state index contributed by atoms with van der Waals surface area (Å²) in [5.74, 6) is 1.37. The summed E-state index contributed by atoms with van der Waals surface area (Å²) in [6.07, 6.45) is 4.46. The minimum Gasteiger partial charge on any atom is -0.284 e. The highest BCUT2D eigenvalue weighted by atomic mass is 35.5. The summed E-state index contributed by atoms with van der Waals surface area (Å²) in [4.78, 5) is 13.1. The third-order valence-corrected chi connectivity index (χ3v) is 7.04. The molecule has 1 saturated carbocycles. The number of carbonyl (C=O) groups excluding carboxylic acids is 1. The molecule has 5 rings (SSSR count). The molecule has 1 amide bonds. The lowest BCUT2D eigenvalue weighted by Crippen LogP contribution is -2.44. The fourth-order valence-corrected chi connectivity index (χ4v) is 5.31. The zero-order valence-electron chi connectivity index (χ0n) is 17.2. The van der Waals surface area contributed by atoms with Gasteiger partial charge in [-0.05, 0) is 49.3 Å². The number of rotatable bonds is 4. The predicted molar refractivity (Wildman–Crippen MR) is 120 cm³/mol. The molecule has 1 aliphatic carbocycles. The predicted octanol–water partition coefficient (Wildman–Crippen LogP) is 4.72. The number of para-hydroxylation sites is 1. The lowest BCUT2D eigenvalue weighted by Gasteiger charge is -2.24. The quantitative estimate of drug-likeness (QED) is 0.775. The fourth-order valence-electron chi connectivity index (χ4n) is 5.09. The van der Waals surface area contributed by atoms with Gasteiger partial charge in [0.1, 0.15) is 5.71 Å². The molecular formula is C24H27ClN4O. The summed E-state index contributed by atoms with van der Waals surface area (Å²) in [5, 5.41) is 9.37. The van der Waals surface area contributed by atoms with Crippen molar-refractivity contribution in [3.63, 3.8) is 0 Å². The molecule has 6 heteroatoms. The molecular weight excluding hydrogens is 396 g/mol. The standard InChI is InChI=1S/C24H27ClN4O/c1-16-9-11-17(12-10-16)23-13-21(26-29(23)22-8-3-2-7-20(22)25)24(30)27-28-14-18-5-4-6-19(18)15-28/h2-3,7-12,18-19,23H,4-6,13-15H2,1H3,(H,27,30). The number of carbonyl (C=O) groups is 1. The van der Waals surface area contributed by atoms with Crippen molar-refractivity contribution in [2.24, 2.45) is 16.9 Å². The highest BCUT2D eigenvalue weighted by molar-refractivity contribution is 6.40. The van der Waals surface area contributed by atoms with Gasteiger partial charge in [-0.3, -0.25) is 15.2 Å². The van der Waals surface area contributed by atoms with Crippen LogP contribution in [0.15, 0.2) is 53.6 Å². The van der Waals surface area contributed by atoms with Crippen LogP contribution in [0.25, 0.3) is 0 Å². The number of amides is 1. The minimum atomic E-state index is -0.0957. The maximum absolute atomic E-state index is 13.1. The smallest absolute Gasteiger partial charge is 0.281 e. The van der Waals surface area contributed by atoms with E-state index >= 15 is 0 Å². The summed E-state index contributed by atoms with van der Waals surface area (Å²) in [6, 6.07) is 16.0. The van der Waals surface area contributed by atoms with Gasteiger partial charge in [0.25, 0.3) is 5.91 Å². The van der Waals surface area contributed by atoms with E-state index in [2.05, 4.69) is 41.6 Å². The van der Waals surface area contributed by atoms with Gasteiger partial charge in [-0.25, -0.2) is 5.01 Å². The second-order valence-electron chi connectivity index (χ2n) is 8.77. The average molecular weight is 423 g/mol. The number of halogens is 1. The molecule has 2 aromatic carbocycles. The number of aryl methyl sites for hydroxylation is 1. The van der Waals surface area contributed by atoms with E-state index in [0.29, 0.717) is 17.2 Å². The molecule has 2 heterocycles. The number of nitrogens with zero attached hydrogens (tertiary/aromatic N) is 3. The van der Waals surface area contributed by atoms with Gasteiger partial charge < -0.3 is 0 Å². The van der Waals surface area contributed by atoms with Gasteiger partial charge in [-0.15, -0.1) is 0 Å². The van der Waals surface area contributed by atoms with Gasteiger partial charge in [-0.2, -0.15) is 5.10 Å². The summed E-state index contributed by atoms with van der Waals surface area (Å²) >= 11 is 6.48. The van der Waals surface area contributed by atoms with Gasteiger partial charge in [0.15, 0.2) is 0 Å². The molecule has 1 saturated heterocycles. The molecule has 1 N–H and O–H groups in total. The number of nitrogens with one attached hydrogen (secondary N) is 1. The van der Waals surface area contributed by atoms with Gasteiger partial charge in [0.05, 0.1) is 16.8 Å². The van der Waals surface area contributed by atoms with Crippen LogP contribution >= 0.6 is 11.6 Å². The first kappa shape index (κ1) is 19.6. The topological polar surface area (TPSA) is 47.9 Å². The van der Waals surface area contributed by atoms with Crippen molar-refractivity contribution in [1.82, 2.24) is 10.4 Å². The number of anilines is 1. The van der Waals surface area contributed by atoms with E-state index < -0.39 is 0 Å². The van der Waals surface area contributed by atoms with Crippen LogP contribution in [0, 0.1) is 18.8 Å². The van der Waals surface area contributed by atoms with E-state index in [0.717, 1.165) is 36.2 Å². The van der Waals surface area contributed by atoms with Gasteiger partial charge in [0.2, 0.25) is 0 Å². The summed E-state index contributed by atoms with van der Waals surface area (Å²) in [6.45, 7) is 3.99. The summed E-state index contributed by atoms with van der Waals surface area (Å²) < 4.78 is 0. The monoisotopic (exact) mass is 422 g/mol. The lowest BCUT2D eigenvalue weighted by molar-refractivity contribution is -0.119. The number of hydrogen-bond acceptors (Lipinski definition) is 4. The summed E-state index contributed by atoms with van der Waals surface area (Å²) in [5.41, 5.74) is 6.83. The zero-order chi connectivity index (χ0) is 20.7. The number of benzene rings is 2. The van der Waals surface area contributed by atoms with E-state index in [4.69, 9.17) is 16.7 Å². The highest BCUT2D eigenvalue weighted by Crippen LogP contribution is 2.39. The molecule has 30 heavy (non-hydrogen) atoms. The van der Waals surface area contributed by atoms with Crippen molar-refractivity contribution in [3.8, 4) is 0 Å². The Hall–Kier alpha value is -2.37. The normalized spacial score (nSPS) is 26.0. The molecule has 5 nitrogen and oxygen atoms in total. The Morgan fingerprint density at radius 2 is 1.77 bits per heavy atom. The molecule has 156 valence electrons. The molecule has 0 bridgehead atoms. The van der Waals surface area contributed by atoms with Crippen molar-refractivity contribution in [2.75, 3.05) is 18.1 Å². The Bertz CT molecular complexity index is 961. The van der Waals surface area contributed by atoms with Gasteiger partial charge in [0, 0.05) is 19.5 Å². The molecule has 3 aliphatic rings. The van der Waals surface area contributed by atoms with Crippen molar-refractivity contribution < 1.29 is 4.79 Å². The molecule has 2 aromatic rings. The largest absolute Gasteiger partial charge is 0.284 e. The van der Waals surface area contributed by atoms with Crippen LogP contribution in [0.2, 0.25) is 5.02 Å². The van der Waals surface area contributed by atoms with Crippen LogP contribution < -0.4 is 10.4 Å². The van der Waals surface area contributed by atoms with Crippen molar-refractivity contribution in [1.29, 1.82) is 0 Å². The minimum absolute atomic E-state index is 0.0517. The molecule has 3 unspecified atom stereocenters. The third-order valence-electron chi connectivity index (χ3n) is 6.72. The van der Waals surface area contributed by atoms with E-state index in [-0.39, 0.29) is 11.9 Å². The van der Waals surface area contributed by atoms with Crippen LogP contribution in [0.4, 0.5) is 5.69 Å². The van der Waals surface area contributed by atoms with E-state index in [1.54, 1.807) is 0 Å². The van der Waals surface area contributed by atoms with Gasteiger partial charge in [-0.1, -0.05) is 60.0 Å². The Labute approximate surface area is 182 Å². The van der Waals surface area contributed by atoms with Crippen LogP contribution in [0.1, 0.15) is 42.9 Å². The maximum Gasteiger partial charge on any atom is 0.281 e. The Morgan fingerprint density at radius 3 is 2.47 bits per heavy atom. The first-order valence-corrected chi connectivity index (χ1v) is 11.2. The Morgan fingerprint density at radius 1 is 1.07 bits per heavy atom. The first-order chi connectivity index (χ1) is 14.6. The maximum atomic E-state index is 13.1. The summed E-state index contributed by atoms with van der Waals surface area (Å²) in [7, 11) is 0. The van der Waals surface area contributed by atoms with Crippen LogP contribution in [-0.4, -0.2) is 29.7 Å². The number of hydrogen-bond donors (Lipinski definition) is 1. The molecule has 2 aliphatic heterocycles. The second kappa shape index (κ2) is 8.05. The fraction of sp³-hybridized carbons (Fsp3) is 0.417. The average Bonchev–Trinajstić information content (AvgIpc) is 3.44. The number of hydrazine groups is 1. The highest BCUT2D eigenvalue weighted by Gasteiger charge is 2.38. The zero-order valence-corrected chi connectivity index (χ0v) is 18.0. The van der Waals surface area contributed by atoms with Crippen molar-refractivity contribution in [2.45, 2.75) is 38.6 Å². The van der Waals surface area contributed by atoms with Crippen LogP contribution in [-0.2, 0) is 4.79 Å². The molecule has 0 spiro atoms. The van der Waals surface area contributed by atoms with Crippen molar-refractivity contribution in [3.05, 3.63) is 64.7 Å². The Kier molecular flexibility index (Phi) is 5.25. The van der Waals surface area contributed by atoms with Crippen LogP contribution in [0.5, 0.6) is 0 Å². The van der Waals surface area contributed by atoms with Crippen LogP contribution in [0.3, 0.4) is 0 Å². The van der Waals surface area contributed by atoms with E-state index in [9.17, 15) is 4.79 Å².